The molecule has 0 N–H and O–H groups in total. The zero-order valence-electron chi connectivity index (χ0n) is 29.1. The van der Waals surface area contributed by atoms with Crippen molar-refractivity contribution in [3.63, 3.8) is 0 Å². The van der Waals surface area contributed by atoms with Crippen molar-refractivity contribution in [2.24, 2.45) is 5.92 Å². The lowest BCUT2D eigenvalue weighted by atomic mass is 9.67. The molecule has 0 heterocycles. The number of hydrogen-bond acceptors (Lipinski definition) is 2. The van der Waals surface area contributed by atoms with E-state index >= 15 is 0 Å². The Balaban J connectivity index is 1.14. The van der Waals surface area contributed by atoms with Crippen LogP contribution in [0.1, 0.15) is 93.2 Å². The summed E-state index contributed by atoms with van der Waals surface area (Å²) >= 11 is 0. The predicted molar refractivity (Wildman–Crippen MR) is 213 cm³/mol. The highest BCUT2D eigenvalue weighted by Gasteiger charge is 2.80. The first-order valence-electron chi connectivity index (χ1n) is 20.1. The van der Waals surface area contributed by atoms with Crippen LogP contribution < -0.4 is 0 Å². The molecule has 10 aromatic rings. The molecule has 0 radical (unpaired) electrons. The van der Waals surface area contributed by atoms with Crippen LogP contribution in [0, 0.1) is 5.92 Å². The van der Waals surface area contributed by atoms with E-state index in [-0.39, 0.29) is 16.8 Å². The Labute approximate surface area is 302 Å². The monoisotopic (exact) mass is 672 g/mol. The van der Waals surface area contributed by atoms with Gasteiger partial charge in [0.1, 0.15) is 0 Å². The van der Waals surface area contributed by atoms with Gasteiger partial charge in [0.05, 0.1) is 7.11 Å². The number of rotatable bonds is 5. The number of carbonyl (C=O) groups excluding carboxylic acids is 1. The first kappa shape index (κ1) is 24.7. The van der Waals surface area contributed by atoms with E-state index in [4.69, 9.17) is 4.74 Å². The maximum atomic E-state index is 12.7. The van der Waals surface area contributed by atoms with Crippen LogP contribution in [0.5, 0.6) is 0 Å². The highest BCUT2D eigenvalue weighted by atomic mass is 16.5. The summed E-state index contributed by atoms with van der Waals surface area (Å²) < 4.78 is 5.23. The van der Waals surface area contributed by atoms with Crippen molar-refractivity contribution in [2.45, 2.75) is 61.2 Å². The zero-order chi connectivity index (χ0) is 33.5. The molecule has 53 heavy (non-hydrogen) atoms. The van der Waals surface area contributed by atoms with Crippen LogP contribution in [0.25, 0.3) is 97.3 Å². The Bertz CT molecular complexity index is 3690. The summed E-state index contributed by atoms with van der Waals surface area (Å²) in [5.41, 5.74) is 19.2. The predicted octanol–water partition coefficient (Wildman–Crippen LogP) is 11.5. The van der Waals surface area contributed by atoms with Gasteiger partial charge in [-0.3, -0.25) is 4.79 Å². The largest absolute Gasteiger partial charge is 0.469 e. The molecule has 0 amide bonds. The van der Waals surface area contributed by atoms with Crippen molar-refractivity contribution in [1.29, 1.82) is 0 Å². The minimum atomic E-state index is -0.112. The number of benzene rings is 7. The molecule has 8 aliphatic carbocycles. The molecule has 0 aliphatic heterocycles. The van der Waals surface area contributed by atoms with E-state index in [0.29, 0.717) is 24.2 Å². The lowest BCUT2D eigenvalue weighted by Gasteiger charge is -2.36. The highest BCUT2D eigenvalue weighted by Crippen LogP contribution is 2.86. The van der Waals surface area contributed by atoms with E-state index in [1.165, 1.54) is 18.1 Å². The minimum Gasteiger partial charge on any atom is -0.469 e. The summed E-state index contributed by atoms with van der Waals surface area (Å²) in [7, 11) is 1.54. The number of hydrogen-bond donors (Lipinski definition) is 0. The van der Waals surface area contributed by atoms with Crippen molar-refractivity contribution in [1.82, 2.24) is 0 Å². The molecule has 5 atom stereocenters. The van der Waals surface area contributed by atoms with Gasteiger partial charge >= 0.3 is 5.97 Å². The molecule has 244 valence electrons. The molecule has 5 unspecified atom stereocenters. The van der Waals surface area contributed by atoms with E-state index in [1.54, 1.807) is 142 Å². The Morgan fingerprint density at radius 3 is 2.30 bits per heavy atom. The molecular weight excluding hydrogens is 645 g/mol. The molecule has 2 heteroatoms. The van der Waals surface area contributed by atoms with Crippen LogP contribution in [0.3, 0.4) is 0 Å². The number of allylic oxidation sites excluding steroid dienone is 4. The van der Waals surface area contributed by atoms with E-state index < -0.39 is 0 Å². The highest BCUT2D eigenvalue weighted by molar-refractivity contribution is 6.59. The maximum absolute atomic E-state index is 12.7. The van der Waals surface area contributed by atoms with Gasteiger partial charge in [0.2, 0.25) is 0 Å². The van der Waals surface area contributed by atoms with E-state index in [1.807, 2.05) is 0 Å². The third-order valence-electron chi connectivity index (χ3n) is 17.4. The molecule has 18 rings (SSSR count). The van der Waals surface area contributed by atoms with Crippen molar-refractivity contribution in [3.8, 4) is 0 Å². The van der Waals surface area contributed by atoms with Gasteiger partial charge in [-0.25, -0.2) is 0 Å². The van der Waals surface area contributed by atoms with Gasteiger partial charge in [-0.1, -0.05) is 60.7 Å². The summed E-state index contributed by atoms with van der Waals surface area (Å²) in [6.07, 6.45) is 11.2. The van der Waals surface area contributed by atoms with Gasteiger partial charge < -0.3 is 4.74 Å². The molecule has 0 saturated heterocycles. The van der Waals surface area contributed by atoms with Crippen LogP contribution in [0.2, 0.25) is 0 Å². The molecular formula is C51H28O2. The van der Waals surface area contributed by atoms with Gasteiger partial charge in [0.15, 0.2) is 0 Å². The Morgan fingerprint density at radius 2 is 1.43 bits per heavy atom. The zero-order valence-corrected chi connectivity index (χ0v) is 29.1. The molecule has 10 aromatic carbocycles. The number of methoxy groups -OCH3 is 1. The summed E-state index contributed by atoms with van der Waals surface area (Å²) in [6, 6.07) is 19.5. The molecule has 1 fully saturated rings. The lowest BCUT2D eigenvalue weighted by Crippen LogP contribution is -2.23. The quantitative estimate of drug-likeness (QED) is 0.134. The number of ether oxygens (including phenoxy) is 1. The average Bonchev–Trinajstić information content (AvgIpc) is 3.86. The minimum absolute atomic E-state index is 0.0910. The second-order valence-corrected chi connectivity index (χ2v) is 18.6. The second kappa shape index (κ2) is 6.75. The van der Waals surface area contributed by atoms with Gasteiger partial charge in [-0.15, -0.1) is 0 Å². The van der Waals surface area contributed by atoms with Gasteiger partial charge in [0, 0.05) is 29.1 Å². The lowest BCUT2D eigenvalue weighted by molar-refractivity contribution is -0.140. The van der Waals surface area contributed by atoms with Crippen LogP contribution in [-0.4, -0.2) is 13.1 Å². The fourth-order valence-corrected chi connectivity index (χ4v) is 16.5. The molecule has 1 spiro atoms. The van der Waals surface area contributed by atoms with Crippen LogP contribution in [0.4, 0.5) is 0 Å². The standard InChI is InChI=1S/C51H28O2/c1-53-27(52)8-5-9-50(25-6-3-2-4-7-25)49-26-16-23-14-20-12-21-11-18-10-19-13-22-15-24-17-51(49,50)48-34(24)39-33(22)38-29(19)28(18)36-32(21)37-30(20)31(23)40-35(26)47(48)46-44(39)42(38)41(36)43(37)45(40)46/h2-4,6-7,11,13-14,16-17,22,33,49H,5,8-10,12,15H2,1H3. The van der Waals surface area contributed by atoms with E-state index in [9.17, 15) is 4.79 Å². The van der Waals surface area contributed by atoms with Gasteiger partial charge in [-0.05, 0) is 191 Å². The maximum Gasteiger partial charge on any atom is 0.305 e. The Kier molecular flexibility index (Phi) is 3.15. The summed E-state index contributed by atoms with van der Waals surface area (Å²) in [5, 5.41) is 25.7. The Hall–Kier alpha value is -5.47. The number of carbonyl (C=O) groups is 1. The fourth-order valence-electron chi connectivity index (χ4n) is 16.5. The molecule has 2 nitrogen and oxygen atoms in total. The smallest absolute Gasteiger partial charge is 0.305 e. The third kappa shape index (κ3) is 1.91. The summed E-state index contributed by atoms with van der Waals surface area (Å²) in [6.45, 7) is 0. The van der Waals surface area contributed by atoms with Crippen molar-refractivity contribution in [3.05, 3.63) is 116 Å². The van der Waals surface area contributed by atoms with Crippen molar-refractivity contribution >= 4 is 103 Å². The average molecular weight is 673 g/mol. The van der Waals surface area contributed by atoms with Crippen LogP contribution in [0.15, 0.2) is 60.7 Å². The van der Waals surface area contributed by atoms with Crippen LogP contribution in [-0.2, 0) is 33.2 Å². The first-order chi connectivity index (χ1) is 26.2. The third-order valence-corrected chi connectivity index (χ3v) is 17.4. The second-order valence-electron chi connectivity index (χ2n) is 18.6. The molecule has 0 bridgehead atoms. The molecule has 1 saturated carbocycles. The van der Waals surface area contributed by atoms with E-state index in [0.717, 1.165) is 32.1 Å². The SMILES string of the molecule is COC(=O)CCCC1(c2ccccc2)C2c3cc4cc5c6c4c4c3c3c7c8c9c%10c%11c%12c%13c%14c(cc(c%15c%14c%11c(c6%15)c4c3%10)C5)CC%13=CC(CC8=CC721)C9%12. The topological polar surface area (TPSA) is 26.3 Å². The molecule has 0 aromatic heterocycles. The number of esters is 1. The van der Waals surface area contributed by atoms with Crippen LogP contribution >= 0.6 is 0 Å². The first-order valence-corrected chi connectivity index (χ1v) is 20.1. The van der Waals surface area contributed by atoms with Gasteiger partial charge in [0.25, 0.3) is 0 Å². The molecule has 8 aliphatic rings. The van der Waals surface area contributed by atoms with Crippen molar-refractivity contribution < 1.29 is 9.53 Å². The summed E-state index contributed by atoms with van der Waals surface area (Å²) in [4.78, 5) is 12.7. The van der Waals surface area contributed by atoms with Gasteiger partial charge in [-0.2, -0.15) is 0 Å². The fraction of sp³-hybridized carbons (Fsp3) is 0.235. The number of fused-ring (bicyclic) bond motifs is 1. The van der Waals surface area contributed by atoms with E-state index in [2.05, 4.69) is 60.7 Å². The summed E-state index contributed by atoms with van der Waals surface area (Å²) in [5.74, 6) is 1.23. The van der Waals surface area contributed by atoms with Crippen molar-refractivity contribution in [2.75, 3.05) is 7.11 Å². The normalized spacial score (nSPS) is 28.0. The Morgan fingerprint density at radius 1 is 0.717 bits per heavy atom.